The average Bonchev–Trinajstić information content (AvgIpc) is 3.05. The van der Waals surface area contributed by atoms with Crippen molar-refractivity contribution in [1.82, 2.24) is 4.31 Å². The normalized spacial score (nSPS) is 33.4. The molecule has 6 heteroatoms. The number of benzene rings is 1. The van der Waals surface area contributed by atoms with Crippen LogP contribution in [-0.4, -0.2) is 26.3 Å². The summed E-state index contributed by atoms with van der Waals surface area (Å²) < 4.78 is 25.7. The standard InChI is InChI=1S/C12H15ClN2O2S/c1-15-7-8-2-3-10(13)4-11(8)12(18(15,16)17)5-9(12)6-14/h2-4,9H,5-7,14H2,1H3. The molecule has 1 spiro atoms. The molecule has 1 heterocycles. The molecule has 18 heavy (non-hydrogen) atoms. The highest BCUT2D eigenvalue weighted by Gasteiger charge is 2.67. The van der Waals surface area contributed by atoms with Gasteiger partial charge in [-0.25, -0.2) is 8.42 Å². The third-order valence-corrected chi connectivity index (χ3v) is 6.95. The zero-order valence-electron chi connectivity index (χ0n) is 10.1. The Labute approximate surface area is 112 Å². The van der Waals surface area contributed by atoms with E-state index in [9.17, 15) is 8.42 Å². The van der Waals surface area contributed by atoms with Crippen molar-refractivity contribution in [3.63, 3.8) is 0 Å². The molecule has 3 rings (SSSR count). The first-order valence-electron chi connectivity index (χ1n) is 5.88. The maximum absolute atomic E-state index is 12.6. The summed E-state index contributed by atoms with van der Waals surface area (Å²) in [6.45, 7) is 0.799. The van der Waals surface area contributed by atoms with Crippen LogP contribution in [0.1, 0.15) is 17.5 Å². The van der Waals surface area contributed by atoms with Crippen molar-refractivity contribution in [2.45, 2.75) is 17.7 Å². The number of sulfonamides is 1. The van der Waals surface area contributed by atoms with Crippen LogP contribution >= 0.6 is 11.6 Å². The van der Waals surface area contributed by atoms with Gasteiger partial charge in [-0.2, -0.15) is 4.31 Å². The molecule has 0 aromatic heterocycles. The third-order valence-electron chi connectivity index (χ3n) is 4.12. The van der Waals surface area contributed by atoms with Crippen molar-refractivity contribution in [1.29, 1.82) is 0 Å². The van der Waals surface area contributed by atoms with Gasteiger partial charge in [0.1, 0.15) is 4.75 Å². The summed E-state index contributed by atoms with van der Waals surface area (Å²) in [6, 6.07) is 5.51. The molecule has 0 amide bonds. The minimum atomic E-state index is -3.33. The minimum absolute atomic E-state index is 0.00228. The average molecular weight is 287 g/mol. The summed E-state index contributed by atoms with van der Waals surface area (Å²) in [4.78, 5) is 0. The fraction of sp³-hybridized carbons (Fsp3) is 0.500. The summed E-state index contributed by atoms with van der Waals surface area (Å²) >= 11 is 6.01. The second kappa shape index (κ2) is 3.70. The van der Waals surface area contributed by atoms with E-state index in [0.29, 0.717) is 24.5 Å². The monoisotopic (exact) mass is 286 g/mol. The second-order valence-corrected chi connectivity index (χ2v) is 7.83. The van der Waals surface area contributed by atoms with Gasteiger partial charge in [-0.1, -0.05) is 17.7 Å². The molecule has 1 aliphatic heterocycles. The summed E-state index contributed by atoms with van der Waals surface area (Å²) in [5.74, 6) is 0.00228. The van der Waals surface area contributed by atoms with E-state index >= 15 is 0 Å². The first kappa shape index (κ1) is 12.4. The van der Waals surface area contributed by atoms with Crippen LogP contribution in [0.5, 0.6) is 0 Å². The molecule has 4 nitrogen and oxygen atoms in total. The Morgan fingerprint density at radius 1 is 1.56 bits per heavy atom. The van der Waals surface area contributed by atoms with Gasteiger partial charge in [-0.3, -0.25) is 0 Å². The van der Waals surface area contributed by atoms with Crippen molar-refractivity contribution in [3.05, 3.63) is 34.3 Å². The van der Waals surface area contributed by atoms with Crippen molar-refractivity contribution in [2.75, 3.05) is 13.6 Å². The van der Waals surface area contributed by atoms with Crippen molar-refractivity contribution in [2.24, 2.45) is 11.7 Å². The summed E-state index contributed by atoms with van der Waals surface area (Å²) in [5.41, 5.74) is 7.57. The fourth-order valence-corrected chi connectivity index (χ4v) is 5.48. The van der Waals surface area contributed by atoms with Crippen molar-refractivity contribution >= 4 is 21.6 Å². The molecule has 98 valence electrons. The molecule has 2 unspecified atom stereocenters. The Hall–Kier alpha value is -0.620. The smallest absolute Gasteiger partial charge is 0.224 e. The quantitative estimate of drug-likeness (QED) is 0.846. The Morgan fingerprint density at radius 2 is 2.28 bits per heavy atom. The number of hydrogen-bond donors (Lipinski definition) is 1. The van der Waals surface area contributed by atoms with E-state index in [4.69, 9.17) is 17.3 Å². The Morgan fingerprint density at radius 3 is 2.89 bits per heavy atom. The van der Waals surface area contributed by atoms with Gasteiger partial charge in [0, 0.05) is 18.6 Å². The molecule has 0 bridgehead atoms. The largest absolute Gasteiger partial charge is 0.330 e. The number of nitrogens with zero attached hydrogens (tertiary/aromatic N) is 1. The van der Waals surface area contributed by atoms with Crippen LogP contribution in [0.3, 0.4) is 0 Å². The van der Waals surface area contributed by atoms with Gasteiger partial charge in [0.2, 0.25) is 10.0 Å². The van der Waals surface area contributed by atoms with Gasteiger partial charge in [-0.05, 0) is 42.1 Å². The van der Waals surface area contributed by atoms with Gasteiger partial charge in [0.25, 0.3) is 0 Å². The molecule has 1 fully saturated rings. The predicted octanol–water partition coefficient (Wildman–Crippen LogP) is 1.29. The van der Waals surface area contributed by atoms with Crippen molar-refractivity contribution < 1.29 is 8.42 Å². The van der Waals surface area contributed by atoms with Crippen LogP contribution < -0.4 is 5.73 Å². The van der Waals surface area contributed by atoms with E-state index in [1.54, 1.807) is 19.2 Å². The first-order chi connectivity index (χ1) is 8.43. The lowest BCUT2D eigenvalue weighted by atomic mass is 10.0. The number of nitrogens with two attached hydrogens (primary N) is 1. The van der Waals surface area contributed by atoms with Crippen LogP contribution in [0.15, 0.2) is 18.2 Å². The molecule has 2 aliphatic rings. The topological polar surface area (TPSA) is 63.4 Å². The lowest BCUT2D eigenvalue weighted by Gasteiger charge is -2.33. The van der Waals surface area contributed by atoms with E-state index in [0.717, 1.165) is 11.1 Å². The zero-order chi connectivity index (χ0) is 13.1. The van der Waals surface area contributed by atoms with Crippen LogP contribution in [-0.2, 0) is 21.3 Å². The number of rotatable bonds is 1. The highest BCUT2D eigenvalue weighted by molar-refractivity contribution is 7.90. The summed E-state index contributed by atoms with van der Waals surface area (Å²) in [7, 11) is -1.70. The van der Waals surface area contributed by atoms with Crippen molar-refractivity contribution in [3.8, 4) is 0 Å². The van der Waals surface area contributed by atoms with Crippen LogP contribution in [0.4, 0.5) is 0 Å². The Kier molecular flexibility index (Phi) is 2.55. The second-order valence-electron chi connectivity index (χ2n) is 5.09. The van der Waals surface area contributed by atoms with E-state index in [1.807, 2.05) is 6.07 Å². The highest BCUT2D eigenvalue weighted by Crippen LogP contribution is 2.61. The Bertz CT molecular complexity index is 617. The molecular weight excluding hydrogens is 272 g/mol. The zero-order valence-corrected chi connectivity index (χ0v) is 11.6. The van der Waals surface area contributed by atoms with Gasteiger partial charge in [0.15, 0.2) is 0 Å². The molecule has 2 N–H and O–H groups in total. The van der Waals surface area contributed by atoms with E-state index in [1.165, 1.54) is 4.31 Å². The fourth-order valence-electron chi connectivity index (χ4n) is 3.05. The molecule has 1 aromatic rings. The van der Waals surface area contributed by atoms with E-state index in [2.05, 4.69) is 0 Å². The summed E-state index contributed by atoms with van der Waals surface area (Å²) in [6.07, 6.45) is 0.601. The van der Waals surface area contributed by atoms with Crippen LogP contribution in [0.25, 0.3) is 0 Å². The van der Waals surface area contributed by atoms with Crippen LogP contribution in [0, 0.1) is 5.92 Å². The number of halogens is 1. The first-order valence-corrected chi connectivity index (χ1v) is 7.70. The SMILES string of the molecule is CN1Cc2ccc(Cl)cc2C2(CC2CN)S1(=O)=O. The molecule has 1 aromatic carbocycles. The molecule has 0 saturated heterocycles. The van der Waals surface area contributed by atoms with E-state index in [-0.39, 0.29) is 5.92 Å². The highest BCUT2D eigenvalue weighted by atomic mass is 35.5. The van der Waals surface area contributed by atoms with Gasteiger partial charge in [0.05, 0.1) is 0 Å². The lowest BCUT2D eigenvalue weighted by molar-refractivity contribution is 0.432. The lowest BCUT2D eigenvalue weighted by Crippen LogP contribution is -2.42. The maximum Gasteiger partial charge on any atom is 0.224 e. The molecule has 0 radical (unpaired) electrons. The van der Waals surface area contributed by atoms with Gasteiger partial charge >= 0.3 is 0 Å². The predicted molar refractivity (Wildman–Crippen MR) is 70.7 cm³/mol. The molecular formula is C12H15ClN2O2S. The van der Waals surface area contributed by atoms with Gasteiger partial charge < -0.3 is 5.73 Å². The molecule has 1 saturated carbocycles. The minimum Gasteiger partial charge on any atom is -0.330 e. The summed E-state index contributed by atoms with van der Waals surface area (Å²) in [5, 5.41) is 0.579. The maximum atomic E-state index is 12.6. The van der Waals surface area contributed by atoms with Gasteiger partial charge in [-0.15, -0.1) is 0 Å². The molecule has 1 aliphatic carbocycles. The number of hydrogen-bond acceptors (Lipinski definition) is 3. The third kappa shape index (κ3) is 1.36. The van der Waals surface area contributed by atoms with E-state index < -0.39 is 14.8 Å². The molecule has 2 atom stereocenters. The Balaban J connectivity index is 2.26. The van der Waals surface area contributed by atoms with Crippen LogP contribution in [0.2, 0.25) is 5.02 Å². The number of fused-ring (bicyclic) bond motifs is 2.